The molecule has 0 saturated carbocycles. The molecule has 0 spiro atoms. The van der Waals surface area contributed by atoms with E-state index in [0.29, 0.717) is 17.0 Å². The molecule has 1 atom stereocenters. The summed E-state index contributed by atoms with van der Waals surface area (Å²) < 4.78 is 16.9. The predicted molar refractivity (Wildman–Crippen MR) is 95.3 cm³/mol. The number of nitrogens with zero attached hydrogens (tertiary/aromatic N) is 5. The molecular weight excluding hydrogens is 335 g/mol. The second-order valence-electron chi connectivity index (χ2n) is 6.11. The van der Waals surface area contributed by atoms with Crippen LogP contribution in [-0.2, 0) is 7.05 Å². The van der Waals surface area contributed by atoms with Crippen LogP contribution in [0.2, 0.25) is 0 Å². The summed E-state index contributed by atoms with van der Waals surface area (Å²) in [5.41, 5.74) is 2.93. The number of aromatic hydroxyl groups is 1. The molecule has 7 nitrogen and oxygen atoms in total. The fraction of sp³-hybridized carbons (Fsp3) is 0.167. The molecule has 0 aliphatic heterocycles. The maximum atomic E-state index is 13.5. The van der Waals surface area contributed by atoms with E-state index >= 15 is 0 Å². The smallest absolute Gasteiger partial charge is 0.165 e. The normalized spacial score (nSPS) is 12.4. The highest BCUT2D eigenvalue weighted by molar-refractivity contribution is 5.76. The molecule has 8 heteroatoms. The molecule has 0 radical (unpaired) electrons. The van der Waals surface area contributed by atoms with E-state index in [9.17, 15) is 9.50 Å². The second kappa shape index (κ2) is 6.14. The summed E-state index contributed by atoms with van der Waals surface area (Å²) in [6.45, 7) is 1.83. The lowest BCUT2D eigenvalue weighted by Gasteiger charge is -2.16. The molecular formula is C18H17FN6O. The van der Waals surface area contributed by atoms with E-state index in [4.69, 9.17) is 0 Å². The lowest BCUT2D eigenvalue weighted by atomic mass is 10.1. The van der Waals surface area contributed by atoms with Crippen molar-refractivity contribution < 1.29 is 9.50 Å². The Balaban J connectivity index is 1.68. The Morgan fingerprint density at radius 2 is 2.04 bits per heavy atom. The van der Waals surface area contributed by atoms with Crippen molar-refractivity contribution in [2.45, 2.75) is 13.0 Å². The molecule has 4 aromatic rings. The largest absolute Gasteiger partial charge is 0.508 e. The van der Waals surface area contributed by atoms with Crippen molar-refractivity contribution in [2.75, 3.05) is 5.32 Å². The van der Waals surface area contributed by atoms with Crippen LogP contribution in [0.4, 0.5) is 10.2 Å². The van der Waals surface area contributed by atoms with Gasteiger partial charge in [-0.3, -0.25) is 4.68 Å². The van der Waals surface area contributed by atoms with Crippen molar-refractivity contribution in [1.82, 2.24) is 24.4 Å². The third-order valence-electron chi connectivity index (χ3n) is 4.21. The minimum absolute atomic E-state index is 0.0351. The Morgan fingerprint density at radius 1 is 1.19 bits per heavy atom. The van der Waals surface area contributed by atoms with Crippen LogP contribution in [-0.4, -0.2) is 29.5 Å². The zero-order valence-corrected chi connectivity index (χ0v) is 14.3. The summed E-state index contributed by atoms with van der Waals surface area (Å²) in [6.07, 6.45) is 7.19. The van der Waals surface area contributed by atoms with E-state index < -0.39 is 5.82 Å². The highest BCUT2D eigenvalue weighted by Gasteiger charge is 2.14. The molecule has 1 aromatic carbocycles. The summed E-state index contributed by atoms with van der Waals surface area (Å²) in [5.74, 6) is 0.233. The average molecular weight is 352 g/mol. The average Bonchev–Trinajstić information content (AvgIpc) is 3.22. The van der Waals surface area contributed by atoms with Crippen molar-refractivity contribution in [1.29, 1.82) is 0 Å². The number of benzene rings is 1. The molecule has 0 aliphatic carbocycles. The van der Waals surface area contributed by atoms with E-state index in [-0.39, 0.29) is 11.8 Å². The van der Waals surface area contributed by atoms with Gasteiger partial charge in [0, 0.05) is 36.1 Å². The van der Waals surface area contributed by atoms with Gasteiger partial charge < -0.3 is 10.4 Å². The van der Waals surface area contributed by atoms with E-state index in [2.05, 4.69) is 20.5 Å². The van der Waals surface area contributed by atoms with Crippen molar-refractivity contribution in [3.63, 3.8) is 0 Å². The fourth-order valence-corrected chi connectivity index (χ4v) is 2.88. The number of halogens is 1. The maximum Gasteiger partial charge on any atom is 0.165 e. The van der Waals surface area contributed by atoms with Crippen LogP contribution >= 0.6 is 0 Å². The minimum Gasteiger partial charge on any atom is -0.508 e. The molecule has 26 heavy (non-hydrogen) atoms. The first-order chi connectivity index (χ1) is 12.5. The first kappa shape index (κ1) is 16.1. The Bertz CT molecular complexity index is 1090. The standard InChI is InChI=1S/C18H17FN6O/c1-11(14-7-13(19)3-4-16(14)26)22-17-5-6-25-18(23-17)15(9-21-25)12-8-20-24(2)10-12/h3-11,26H,1-2H3,(H,22,23). The van der Waals surface area contributed by atoms with Crippen molar-refractivity contribution in [3.05, 3.63) is 60.4 Å². The van der Waals surface area contributed by atoms with Gasteiger partial charge >= 0.3 is 0 Å². The number of hydrogen-bond acceptors (Lipinski definition) is 5. The first-order valence-electron chi connectivity index (χ1n) is 8.09. The van der Waals surface area contributed by atoms with Gasteiger partial charge in [0.05, 0.1) is 18.4 Å². The zero-order valence-electron chi connectivity index (χ0n) is 14.3. The quantitative estimate of drug-likeness (QED) is 0.590. The predicted octanol–water partition coefficient (Wildman–Crippen LogP) is 3.15. The van der Waals surface area contributed by atoms with Gasteiger partial charge in [-0.1, -0.05) is 0 Å². The molecule has 0 fully saturated rings. The molecule has 3 heterocycles. The molecule has 0 amide bonds. The number of phenols is 1. The minimum atomic E-state index is -0.399. The third kappa shape index (κ3) is 2.85. The Kier molecular flexibility index (Phi) is 3.80. The summed E-state index contributed by atoms with van der Waals surface area (Å²) in [4.78, 5) is 4.62. The monoisotopic (exact) mass is 352 g/mol. The van der Waals surface area contributed by atoms with Crippen molar-refractivity contribution in [2.24, 2.45) is 7.05 Å². The van der Waals surface area contributed by atoms with Gasteiger partial charge in [0.1, 0.15) is 17.4 Å². The molecule has 4 rings (SSSR count). The lowest BCUT2D eigenvalue weighted by Crippen LogP contribution is -2.09. The fourth-order valence-electron chi connectivity index (χ4n) is 2.88. The van der Waals surface area contributed by atoms with Crippen LogP contribution in [0, 0.1) is 5.82 Å². The van der Waals surface area contributed by atoms with E-state index in [1.54, 1.807) is 33.9 Å². The molecule has 1 unspecified atom stereocenters. The Morgan fingerprint density at radius 3 is 2.81 bits per heavy atom. The van der Waals surface area contributed by atoms with Crippen LogP contribution in [0.1, 0.15) is 18.5 Å². The highest BCUT2D eigenvalue weighted by Crippen LogP contribution is 2.28. The van der Waals surface area contributed by atoms with Crippen molar-refractivity contribution in [3.8, 4) is 16.9 Å². The molecule has 2 N–H and O–H groups in total. The van der Waals surface area contributed by atoms with Gasteiger partial charge in [0.2, 0.25) is 0 Å². The molecule has 0 bridgehead atoms. The third-order valence-corrected chi connectivity index (χ3v) is 4.21. The van der Waals surface area contributed by atoms with Gasteiger partial charge in [-0.25, -0.2) is 13.9 Å². The van der Waals surface area contributed by atoms with Gasteiger partial charge in [-0.05, 0) is 31.2 Å². The van der Waals surface area contributed by atoms with Crippen LogP contribution < -0.4 is 5.32 Å². The SMILES string of the molecule is CC(Nc1ccn2ncc(-c3cnn(C)c3)c2n1)c1cc(F)ccc1O. The highest BCUT2D eigenvalue weighted by atomic mass is 19.1. The van der Waals surface area contributed by atoms with Crippen LogP contribution in [0.25, 0.3) is 16.8 Å². The molecule has 0 saturated heterocycles. The summed E-state index contributed by atoms with van der Waals surface area (Å²) in [7, 11) is 1.85. The summed E-state index contributed by atoms with van der Waals surface area (Å²) in [5, 5.41) is 21.6. The van der Waals surface area contributed by atoms with Crippen LogP contribution in [0.3, 0.4) is 0 Å². The number of fused-ring (bicyclic) bond motifs is 1. The second-order valence-corrected chi connectivity index (χ2v) is 6.11. The van der Waals surface area contributed by atoms with Gasteiger partial charge in [0.25, 0.3) is 0 Å². The van der Waals surface area contributed by atoms with Crippen LogP contribution in [0.15, 0.2) is 49.1 Å². The number of rotatable bonds is 4. The van der Waals surface area contributed by atoms with Crippen LogP contribution in [0.5, 0.6) is 5.75 Å². The van der Waals surface area contributed by atoms with Gasteiger partial charge in [0.15, 0.2) is 5.65 Å². The van der Waals surface area contributed by atoms with E-state index in [0.717, 1.165) is 11.1 Å². The molecule has 3 aromatic heterocycles. The lowest BCUT2D eigenvalue weighted by molar-refractivity contribution is 0.462. The number of hydrogen-bond donors (Lipinski definition) is 2. The van der Waals surface area contributed by atoms with E-state index in [1.807, 2.05) is 20.2 Å². The summed E-state index contributed by atoms with van der Waals surface area (Å²) in [6, 6.07) is 5.33. The zero-order chi connectivity index (χ0) is 18.3. The molecule has 0 aliphatic rings. The van der Waals surface area contributed by atoms with Gasteiger partial charge in [-0.2, -0.15) is 10.2 Å². The first-order valence-corrected chi connectivity index (χ1v) is 8.09. The number of aryl methyl sites for hydroxylation is 1. The van der Waals surface area contributed by atoms with Crippen molar-refractivity contribution >= 4 is 11.5 Å². The Hall–Kier alpha value is -3.42. The number of anilines is 1. The molecule has 132 valence electrons. The summed E-state index contributed by atoms with van der Waals surface area (Å²) >= 11 is 0. The van der Waals surface area contributed by atoms with Gasteiger partial charge in [-0.15, -0.1) is 0 Å². The Labute approximate surface area is 148 Å². The number of phenolic OH excluding ortho intramolecular Hbond substituents is 1. The maximum absolute atomic E-state index is 13.5. The van der Waals surface area contributed by atoms with E-state index in [1.165, 1.54) is 18.2 Å². The topological polar surface area (TPSA) is 80.3 Å². The number of nitrogens with one attached hydrogen (secondary N) is 1. The number of aromatic nitrogens is 5.